The lowest BCUT2D eigenvalue weighted by molar-refractivity contribution is 0.0941. The van der Waals surface area contributed by atoms with E-state index in [9.17, 15) is 13.2 Å². The van der Waals surface area contributed by atoms with Crippen molar-refractivity contribution in [2.75, 3.05) is 18.6 Å². The molecule has 0 unspecified atom stereocenters. The van der Waals surface area contributed by atoms with Crippen LogP contribution in [0.5, 0.6) is 0 Å². The van der Waals surface area contributed by atoms with Crippen LogP contribution in [0.25, 0.3) is 0 Å². The standard InChI is InChI=1S/C12H15BrN2O3S/c1-19(17,18)8-12(4-5-12)7-15-11(16)10-3-2-9(13)6-14-10/h2-3,6H,4-5,7-8H2,1H3,(H,15,16). The molecule has 1 aliphatic carbocycles. The molecule has 0 atom stereocenters. The van der Waals surface area contributed by atoms with Gasteiger partial charge in [0.15, 0.2) is 0 Å². The molecule has 0 radical (unpaired) electrons. The largest absolute Gasteiger partial charge is 0.350 e. The van der Waals surface area contributed by atoms with E-state index < -0.39 is 9.84 Å². The molecule has 0 aliphatic heterocycles. The van der Waals surface area contributed by atoms with E-state index in [0.29, 0.717) is 12.2 Å². The third kappa shape index (κ3) is 4.28. The van der Waals surface area contributed by atoms with E-state index >= 15 is 0 Å². The predicted octanol–water partition coefficient (Wildman–Crippen LogP) is 1.40. The summed E-state index contributed by atoms with van der Waals surface area (Å²) in [5.41, 5.74) is 0.0665. The van der Waals surface area contributed by atoms with Gasteiger partial charge in [0, 0.05) is 28.9 Å². The van der Waals surface area contributed by atoms with Gasteiger partial charge in [-0.3, -0.25) is 4.79 Å². The fourth-order valence-corrected chi connectivity index (χ4v) is 3.71. The minimum atomic E-state index is -3.01. The second-order valence-corrected chi connectivity index (χ2v) is 8.17. The number of sulfone groups is 1. The Bertz CT molecular complexity index is 579. The molecule has 0 bridgehead atoms. The number of aromatic nitrogens is 1. The van der Waals surface area contributed by atoms with Crippen molar-refractivity contribution < 1.29 is 13.2 Å². The minimum absolute atomic E-state index is 0.133. The van der Waals surface area contributed by atoms with Crippen LogP contribution >= 0.6 is 15.9 Å². The first-order chi connectivity index (χ1) is 8.80. The topological polar surface area (TPSA) is 76.1 Å². The summed E-state index contributed by atoms with van der Waals surface area (Å²) in [6, 6.07) is 3.36. The van der Waals surface area contributed by atoms with Crippen LogP contribution in [0, 0.1) is 5.41 Å². The summed E-state index contributed by atoms with van der Waals surface area (Å²) in [6.45, 7) is 0.386. The van der Waals surface area contributed by atoms with Crippen LogP contribution in [-0.4, -0.2) is 37.9 Å². The van der Waals surface area contributed by atoms with Gasteiger partial charge in [0.2, 0.25) is 0 Å². The Morgan fingerprint density at radius 2 is 2.16 bits per heavy atom. The third-order valence-corrected chi connectivity index (χ3v) is 4.72. The molecule has 2 rings (SSSR count). The van der Waals surface area contributed by atoms with Gasteiger partial charge in [-0.05, 0) is 40.9 Å². The Kier molecular flexibility index (Phi) is 3.96. The lowest BCUT2D eigenvalue weighted by atomic mass is 10.1. The van der Waals surface area contributed by atoms with E-state index in [4.69, 9.17) is 0 Å². The molecule has 0 spiro atoms. The zero-order valence-corrected chi connectivity index (χ0v) is 12.9. The van der Waals surface area contributed by atoms with E-state index in [1.54, 1.807) is 18.3 Å². The highest BCUT2D eigenvalue weighted by Crippen LogP contribution is 2.46. The van der Waals surface area contributed by atoms with Crippen molar-refractivity contribution in [2.24, 2.45) is 5.41 Å². The van der Waals surface area contributed by atoms with Gasteiger partial charge in [-0.25, -0.2) is 13.4 Å². The number of carbonyl (C=O) groups excluding carboxylic acids is 1. The summed E-state index contributed by atoms with van der Waals surface area (Å²) in [6.07, 6.45) is 4.46. The Morgan fingerprint density at radius 3 is 2.63 bits per heavy atom. The molecule has 1 N–H and O–H groups in total. The predicted molar refractivity (Wildman–Crippen MR) is 75.6 cm³/mol. The monoisotopic (exact) mass is 346 g/mol. The third-order valence-electron chi connectivity index (χ3n) is 3.11. The summed E-state index contributed by atoms with van der Waals surface area (Å²) >= 11 is 3.25. The second-order valence-electron chi connectivity index (χ2n) is 5.11. The van der Waals surface area contributed by atoms with Crippen molar-refractivity contribution in [2.45, 2.75) is 12.8 Å². The zero-order chi connectivity index (χ0) is 14.1. The van der Waals surface area contributed by atoms with Crippen LogP contribution < -0.4 is 5.32 Å². The van der Waals surface area contributed by atoms with Crippen LogP contribution in [-0.2, 0) is 9.84 Å². The van der Waals surface area contributed by atoms with Gasteiger partial charge in [0.25, 0.3) is 5.91 Å². The maximum atomic E-state index is 11.9. The van der Waals surface area contributed by atoms with Gasteiger partial charge in [-0.2, -0.15) is 0 Å². The van der Waals surface area contributed by atoms with Crippen molar-refractivity contribution in [1.29, 1.82) is 0 Å². The molecule has 1 aromatic heterocycles. The van der Waals surface area contributed by atoms with Crippen LogP contribution in [0.4, 0.5) is 0 Å². The van der Waals surface area contributed by atoms with Crippen molar-refractivity contribution >= 4 is 31.7 Å². The van der Waals surface area contributed by atoms with Gasteiger partial charge in [0.05, 0.1) is 5.75 Å². The number of rotatable bonds is 5. The fraction of sp³-hybridized carbons (Fsp3) is 0.500. The number of hydrogen-bond donors (Lipinski definition) is 1. The van der Waals surface area contributed by atoms with Gasteiger partial charge in [-0.15, -0.1) is 0 Å². The Hall–Kier alpha value is -0.950. The first-order valence-corrected chi connectivity index (χ1v) is 8.73. The Balaban J connectivity index is 1.92. The molecule has 1 fully saturated rings. The van der Waals surface area contributed by atoms with Crippen molar-refractivity contribution in [3.63, 3.8) is 0 Å². The molecule has 0 aromatic carbocycles. The lowest BCUT2D eigenvalue weighted by Gasteiger charge is -2.14. The summed E-state index contributed by atoms with van der Waals surface area (Å²) in [7, 11) is -3.01. The first-order valence-electron chi connectivity index (χ1n) is 5.87. The molecular weight excluding hydrogens is 332 g/mol. The molecule has 5 nitrogen and oxygen atoms in total. The molecule has 1 aromatic rings. The summed E-state index contributed by atoms with van der Waals surface area (Å²) < 4.78 is 23.4. The number of halogens is 1. The molecule has 1 heterocycles. The molecule has 1 aliphatic rings. The van der Waals surface area contributed by atoms with E-state index in [-0.39, 0.29) is 17.1 Å². The maximum Gasteiger partial charge on any atom is 0.269 e. The average Bonchev–Trinajstić information content (AvgIpc) is 3.05. The van der Waals surface area contributed by atoms with Crippen LogP contribution in [0.1, 0.15) is 23.3 Å². The van der Waals surface area contributed by atoms with Crippen molar-refractivity contribution in [1.82, 2.24) is 10.3 Å². The summed E-state index contributed by atoms with van der Waals surface area (Å²) in [4.78, 5) is 15.9. The molecule has 0 saturated heterocycles. The number of nitrogens with zero attached hydrogens (tertiary/aromatic N) is 1. The minimum Gasteiger partial charge on any atom is -0.350 e. The smallest absolute Gasteiger partial charge is 0.269 e. The number of amides is 1. The average molecular weight is 347 g/mol. The molecular formula is C12H15BrN2O3S. The van der Waals surface area contributed by atoms with Gasteiger partial charge >= 0.3 is 0 Å². The second kappa shape index (κ2) is 5.20. The molecule has 7 heteroatoms. The lowest BCUT2D eigenvalue weighted by Crippen LogP contribution is -2.34. The van der Waals surface area contributed by atoms with Crippen LogP contribution in [0.15, 0.2) is 22.8 Å². The highest BCUT2D eigenvalue weighted by Gasteiger charge is 2.45. The Labute approximate surface area is 120 Å². The van der Waals surface area contributed by atoms with Crippen LogP contribution in [0.2, 0.25) is 0 Å². The van der Waals surface area contributed by atoms with E-state index in [1.807, 2.05) is 0 Å². The number of nitrogens with one attached hydrogen (secondary N) is 1. The first kappa shape index (κ1) is 14.5. The SMILES string of the molecule is CS(=O)(=O)CC1(CNC(=O)c2ccc(Br)cn2)CC1. The molecule has 1 amide bonds. The molecule has 1 saturated carbocycles. The Morgan fingerprint density at radius 1 is 1.47 bits per heavy atom. The van der Waals surface area contributed by atoms with Crippen LogP contribution in [0.3, 0.4) is 0 Å². The van der Waals surface area contributed by atoms with Gasteiger partial charge in [-0.1, -0.05) is 0 Å². The number of hydrogen-bond acceptors (Lipinski definition) is 4. The van der Waals surface area contributed by atoms with E-state index in [1.165, 1.54) is 6.26 Å². The van der Waals surface area contributed by atoms with Gasteiger partial charge in [0.1, 0.15) is 15.5 Å². The highest BCUT2D eigenvalue weighted by atomic mass is 79.9. The fourth-order valence-electron chi connectivity index (χ4n) is 1.97. The summed E-state index contributed by atoms with van der Waals surface area (Å²) in [5.74, 6) is -0.138. The highest BCUT2D eigenvalue weighted by molar-refractivity contribution is 9.10. The van der Waals surface area contributed by atoms with Crippen molar-refractivity contribution in [3.8, 4) is 0 Å². The number of carbonyl (C=O) groups is 1. The number of pyridine rings is 1. The molecule has 104 valence electrons. The van der Waals surface area contributed by atoms with E-state index in [0.717, 1.165) is 17.3 Å². The normalized spacial score (nSPS) is 16.9. The zero-order valence-electron chi connectivity index (χ0n) is 10.5. The summed E-state index contributed by atoms with van der Waals surface area (Å²) in [5, 5.41) is 2.76. The van der Waals surface area contributed by atoms with Crippen molar-refractivity contribution in [3.05, 3.63) is 28.5 Å². The van der Waals surface area contributed by atoms with Gasteiger partial charge < -0.3 is 5.32 Å². The quantitative estimate of drug-likeness (QED) is 0.874. The van der Waals surface area contributed by atoms with E-state index in [2.05, 4.69) is 26.2 Å². The molecule has 19 heavy (non-hydrogen) atoms. The maximum absolute atomic E-state index is 11.9.